The summed E-state index contributed by atoms with van der Waals surface area (Å²) in [6.07, 6.45) is 9.44. The molecule has 0 amide bonds. The third-order valence-electron chi connectivity index (χ3n) is 3.05. The summed E-state index contributed by atoms with van der Waals surface area (Å²) in [5, 5.41) is 0. The molecule has 0 spiro atoms. The second kappa shape index (κ2) is 3.93. The van der Waals surface area contributed by atoms with E-state index in [1.165, 1.54) is 16.8 Å². The zero-order valence-electron chi connectivity index (χ0n) is 10.6. The molecule has 2 rings (SSSR count). The minimum Gasteiger partial charge on any atom is -0.341 e. The molecule has 0 aromatic carbocycles. The number of nitrogens with zero attached hydrogens (tertiary/aromatic N) is 2. The first-order valence-corrected chi connectivity index (χ1v) is 5.94. The van der Waals surface area contributed by atoms with Crippen molar-refractivity contribution in [2.75, 3.05) is 6.54 Å². The molecular weight excluding hydrogens is 196 g/mol. The lowest BCUT2D eigenvalue weighted by Gasteiger charge is -2.36. The van der Waals surface area contributed by atoms with Gasteiger partial charge in [0.2, 0.25) is 0 Å². The highest BCUT2D eigenvalue weighted by atomic mass is 15.1. The molecule has 2 nitrogen and oxygen atoms in total. The summed E-state index contributed by atoms with van der Waals surface area (Å²) in [5.74, 6) is 0. The predicted molar refractivity (Wildman–Crippen MR) is 69.2 cm³/mol. The van der Waals surface area contributed by atoms with E-state index in [2.05, 4.69) is 49.9 Å². The molecule has 0 bridgehead atoms. The Morgan fingerprint density at radius 2 is 2.12 bits per heavy atom. The number of hydrogen-bond donors (Lipinski definition) is 0. The van der Waals surface area contributed by atoms with Crippen LogP contribution in [0.25, 0.3) is 0 Å². The number of fused-ring (bicyclic) bond motifs is 1. The zero-order chi connectivity index (χ0) is 11.8. The van der Waals surface area contributed by atoms with Gasteiger partial charge in [0.1, 0.15) is 0 Å². The minimum absolute atomic E-state index is 0.174. The van der Waals surface area contributed by atoms with Crippen LogP contribution in [0.3, 0.4) is 0 Å². The van der Waals surface area contributed by atoms with Crippen LogP contribution in [0.2, 0.25) is 0 Å². The van der Waals surface area contributed by atoms with Crippen molar-refractivity contribution in [3.63, 3.8) is 0 Å². The largest absolute Gasteiger partial charge is 0.341 e. The van der Waals surface area contributed by atoms with Crippen LogP contribution in [-0.2, 0) is 0 Å². The van der Waals surface area contributed by atoms with Crippen LogP contribution in [-0.4, -0.2) is 17.7 Å². The fraction of sp³-hybridized carbons (Fsp3) is 0.500. The Kier molecular flexibility index (Phi) is 2.75. The highest BCUT2D eigenvalue weighted by Crippen LogP contribution is 2.39. The molecule has 2 heterocycles. The van der Waals surface area contributed by atoms with Crippen LogP contribution in [0.4, 0.5) is 0 Å². The maximum Gasteiger partial charge on any atom is 0.0636 e. The van der Waals surface area contributed by atoms with E-state index in [4.69, 9.17) is 0 Å². The average Bonchev–Trinajstić information content (AvgIpc) is 2.26. The van der Waals surface area contributed by atoms with Crippen LogP contribution in [0.1, 0.15) is 34.1 Å². The predicted octanol–water partition coefficient (Wildman–Crippen LogP) is 3.49. The molecule has 2 aliphatic rings. The number of rotatable bonds is 1. The van der Waals surface area contributed by atoms with Crippen LogP contribution in [0, 0.1) is 5.41 Å². The van der Waals surface area contributed by atoms with Gasteiger partial charge in [0.05, 0.1) is 18.4 Å². The van der Waals surface area contributed by atoms with Crippen LogP contribution in [0.15, 0.2) is 40.3 Å². The summed E-state index contributed by atoms with van der Waals surface area (Å²) >= 11 is 0. The van der Waals surface area contributed by atoms with Gasteiger partial charge in [-0.05, 0) is 29.1 Å². The van der Waals surface area contributed by atoms with E-state index in [0.717, 1.165) is 13.0 Å². The summed E-state index contributed by atoms with van der Waals surface area (Å²) in [6, 6.07) is 0. The molecule has 2 heteroatoms. The van der Waals surface area contributed by atoms with Crippen molar-refractivity contribution in [3.05, 3.63) is 35.3 Å². The van der Waals surface area contributed by atoms with Crippen molar-refractivity contribution in [1.29, 1.82) is 0 Å². The number of aliphatic imine (C=N–C) groups is 1. The normalized spacial score (nSPS) is 20.0. The summed E-state index contributed by atoms with van der Waals surface area (Å²) in [4.78, 5) is 6.57. The van der Waals surface area contributed by atoms with Crippen molar-refractivity contribution in [2.24, 2.45) is 10.4 Å². The third kappa shape index (κ3) is 1.84. The molecule has 0 aromatic rings. The van der Waals surface area contributed by atoms with Crippen molar-refractivity contribution in [3.8, 4) is 0 Å². The first-order chi connectivity index (χ1) is 7.54. The Balaban J connectivity index is 2.54. The van der Waals surface area contributed by atoms with E-state index in [0.29, 0.717) is 0 Å². The van der Waals surface area contributed by atoms with Gasteiger partial charge >= 0.3 is 0 Å². The van der Waals surface area contributed by atoms with Crippen molar-refractivity contribution < 1.29 is 0 Å². The molecule has 0 saturated carbocycles. The van der Waals surface area contributed by atoms with Crippen LogP contribution < -0.4 is 0 Å². The Bertz CT molecular complexity index is 403. The van der Waals surface area contributed by atoms with Crippen LogP contribution >= 0.6 is 0 Å². The van der Waals surface area contributed by atoms with Gasteiger partial charge in [0.25, 0.3) is 0 Å². The summed E-state index contributed by atoms with van der Waals surface area (Å²) in [5.41, 5.74) is 4.32. The molecule has 0 unspecified atom stereocenters. The zero-order valence-corrected chi connectivity index (χ0v) is 10.6. The lowest BCUT2D eigenvalue weighted by molar-refractivity contribution is 0.439. The molecule has 16 heavy (non-hydrogen) atoms. The van der Waals surface area contributed by atoms with Crippen molar-refractivity contribution in [2.45, 2.75) is 34.1 Å². The Morgan fingerprint density at radius 1 is 1.38 bits per heavy atom. The van der Waals surface area contributed by atoms with Gasteiger partial charge in [-0.2, -0.15) is 0 Å². The molecule has 0 saturated heterocycles. The molecular formula is C14H20N2. The molecule has 86 valence electrons. The number of allylic oxidation sites excluding steroid dienone is 3. The lowest BCUT2D eigenvalue weighted by Crippen LogP contribution is -2.30. The second-order valence-electron chi connectivity index (χ2n) is 5.32. The monoisotopic (exact) mass is 216 g/mol. The van der Waals surface area contributed by atoms with Gasteiger partial charge in [0.15, 0.2) is 0 Å². The maximum absolute atomic E-state index is 4.30. The Labute approximate surface area is 98.1 Å². The van der Waals surface area contributed by atoms with E-state index in [-0.39, 0.29) is 5.41 Å². The highest BCUT2D eigenvalue weighted by Gasteiger charge is 2.28. The molecule has 0 aromatic heterocycles. The van der Waals surface area contributed by atoms with Crippen molar-refractivity contribution in [1.82, 2.24) is 4.90 Å². The first kappa shape index (κ1) is 11.2. The third-order valence-corrected chi connectivity index (χ3v) is 3.05. The Morgan fingerprint density at radius 3 is 2.75 bits per heavy atom. The SMILES string of the molecule is CCC1=C(C(C)(C)C)C2=CN=CCN2C=C1. The number of hydrogen-bond acceptors (Lipinski definition) is 2. The van der Waals surface area contributed by atoms with Gasteiger partial charge in [-0.3, -0.25) is 4.99 Å². The maximum atomic E-state index is 4.30. The molecule has 0 aliphatic carbocycles. The fourth-order valence-corrected chi connectivity index (χ4v) is 2.37. The van der Waals surface area contributed by atoms with E-state index in [1.54, 1.807) is 0 Å². The quantitative estimate of drug-likeness (QED) is 0.655. The smallest absolute Gasteiger partial charge is 0.0636 e. The fourth-order valence-electron chi connectivity index (χ4n) is 2.37. The first-order valence-electron chi connectivity index (χ1n) is 5.94. The molecule has 0 radical (unpaired) electrons. The molecule has 0 atom stereocenters. The van der Waals surface area contributed by atoms with Gasteiger partial charge in [-0.25, -0.2) is 0 Å². The van der Waals surface area contributed by atoms with E-state index in [1.807, 2.05) is 12.4 Å². The van der Waals surface area contributed by atoms with Gasteiger partial charge < -0.3 is 4.90 Å². The summed E-state index contributed by atoms with van der Waals surface area (Å²) in [7, 11) is 0. The molecule has 0 N–H and O–H groups in total. The summed E-state index contributed by atoms with van der Waals surface area (Å²) < 4.78 is 0. The second-order valence-corrected chi connectivity index (χ2v) is 5.32. The lowest BCUT2D eigenvalue weighted by atomic mass is 9.79. The average molecular weight is 216 g/mol. The van der Waals surface area contributed by atoms with Crippen molar-refractivity contribution >= 4 is 6.21 Å². The molecule has 0 fully saturated rings. The van der Waals surface area contributed by atoms with E-state index >= 15 is 0 Å². The van der Waals surface area contributed by atoms with Gasteiger partial charge in [0, 0.05) is 12.4 Å². The van der Waals surface area contributed by atoms with Crippen LogP contribution in [0.5, 0.6) is 0 Å². The minimum atomic E-state index is 0.174. The summed E-state index contributed by atoms with van der Waals surface area (Å²) in [6.45, 7) is 9.92. The Hall–Kier alpha value is -1.31. The standard InChI is InChI=1S/C14H20N2/c1-5-11-6-8-16-9-7-15-10-12(16)13(11)14(2,3)4/h6-8,10H,5,9H2,1-4H3. The van der Waals surface area contributed by atoms with Gasteiger partial charge in [-0.1, -0.05) is 27.7 Å². The topological polar surface area (TPSA) is 15.6 Å². The van der Waals surface area contributed by atoms with Gasteiger partial charge in [-0.15, -0.1) is 0 Å². The highest BCUT2D eigenvalue weighted by molar-refractivity contribution is 5.65. The molecule has 2 aliphatic heterocycles. The van der Waals surface area contributed by atoms with E-state index in [9.17, 15) is 0 Å². The van der Waals surface area contributed by atoms with E-state index < -0.39 is 0 Å².